The van der Waals surface area contributed by atoms with Crippen molar-refractivity contribution >= 4 is 0 Å². The van der Waals surface area contributed by atoms with Crippen molar-refractivity contribution in [1.29, 1.82) is 0 Å². The van der Waals surface area contributed by atoms with Crippen molar-refractivity contribution in [2.24, 2.45) is 5.41 Å². The fraction of sp³-hybridized carbons (Fsp3) is 1.00. The quantitative estimate of drug-likeness (QED) is 0.746. The Hall–Kier alpha value is -0.330. The molecule has 3 nitrogen and oxygen atoms in total. The summed E-state index contributed by atoms with van der Waals surface area (Å²) in [5.74, 6) is 0. The Balaban J connectivity index is 2.23. The summed E-state index contributed by atoms with van der Waals surface area (Å²) in [6, 6.07) is 0. The van der Waals surface area contributed by atoms with Gasteiger partial charge in [-0.3, -0.25) is 0 Å². The molecule has 1 aliphatic rings. The van der Waals surface area contributed by atoms with Gasteiger partial charge in [-0.05, 0) is 19.3 Å². The molecule has 1 fully saturated rings. The second-order valence-electron chi connectivity index (χ2n) is 4.23. The minimum Gasteiger partial charge on any atom is -0.396 e. The Bertz CT molecular complexity index is 200. The monoisotopic (exact) mass is 242 g/mol. The van der Waals surface area contributed by atoms with Gasteiger partial charge in [-0.2, -0.15) is 13.2 Å². The van der Waals surface area contributed by atoms with Crippen molar-refractivity contribution in [2.75, 3.05) is 33.0 Å². The fourth-order valence-corrected chi connectivity index (χ4v) is 1.79. The second-order valence-corrected chi connectivity index (χ2v) is 4.23. The third-order valence-corrected chi connectivity index (χ3v) is 2.78. The molecule has 0 saturated carbocycles. The molecule has 1 heterocycles. The van der Waals surface area contributed by atoms with E-state index < -0.39 is 18.2 Å². The molecule has 96 valence electrons. The van der Waals surface area contributed by atoms with Crippen LogP contribution in [0, 0.1) is 5.41 Å². The van der Waals surface area contributed by atoms with Crippen LogP contribution in [0.3, 0.4) is 0 Å². The molecule has 0 amide bonds. The standard InChI is InChI=1S/C10H17F3O3/c11-10(12,13)8-16-5-3-9(6-14)2-1-4-15-7-9/h14H,1-8H2. The molecular formula is C10H17F3O3. The Morgan fingerprint density at radius 2 is 2.12 bits per heavy atom. The van der Waals surface area contributed by atoms with Crippen molar-refractivity contribution in [2.45, 2.75) is 25.4 Å². The first-order valence-corrected chi connectivity index (χ1v) is 5.31. The molecule has 1 aliphatic heterocycles. The molecule has 0 aromatic carbocycles. The summed E-state index contributed by atoms with van der Waals surface area (Å²) >= 11 is 0. The van der Waals surface area contributed by atoms with E-state index >= 15 is 0 Å². The average molecular weight is 242 g/mol. The topological polar surface area (TPSA) is 38.7 Å². The molecular weight excluding hydrogens is 225 g/mol. The van der Waals surface area contributed by atoms with Gasteiger partial charge in [0.15, 0.2) is 0 Å². The summed E-state index contributed by atoms with van der Waals surface area (Å²) in [7, 11) is 0. The zero-order chi connectivity index (χ0) is 12.1. The van der Waals surface area contributed by atoms with E-state index in [2.05, 4.69) is 4.74 Å². The normalized spacial score (nSPS) is 27.0. The smallest absolute Gasteiger partial charge is 0.396 e. The van der Waals surface area contributed by atoms with Gasteiger partial charge in [0.25, 0.3) is 0 Å². The van der Waals surface area contributed by atoms with Crippen molar-refractivity contribution < 1.29 is 27.8 Å². The number of aliphatic hydroxyl groups is 1. The maximum atomic E-state index is 11.8. The second kappa shape index (κ2) is 5.84. The molecule has 1 atom stereocenters. The van der Waals surface area contributed by atoms with Gasteiger partial charge in [-0.1, -0.05) is 0 Å². The molecule has 0 aliphatic carbocycles. The maximum absolute atomic E-state index is 11.8. The van der Waals surface area contributed by atoms with Crippen LogP contribution in [-0.4, -0.2) is 44.3 Å². The Labute approximate surface area is 92.5 Å². The number of aliphatic hydroxyl groups excluding tert-OH is 1. The van der Waals surface area contributed by atoms with Gasteiger partial charge < -0.3 is 14.6 Å². The summed E-state index contributed by atoms with van der Waals surface area (Å²) in [5.41, 5.74) is -0.413. The predicted molar refractivity (Wildman–Crippen MR) is 51.1 cm³/mol. The van der Waals surface area contributed by atoms with Gasteiger partial charge in [0.2, 0.25) is 0 Å². The number of rotatable bonds is 5. The summed E-state index contributed by atoms with van der Waals surface area (Å²) in [6.45, 7) is -0.231. The molecule has 0 aromatic heterocycles. The number of ether oxygens (including phenoxy) is 2. The maximum Gasteiger partial charge on any atom is 0.411 e. The average Bonchev–Trinajstić information content (AvgIpc) is 2.25. The highest BCUT2D eigenvalue weighted by Gasteiger charge is 2.33. The highest BCUT2D eigenvalue weighted by atomic mass is 19.4. The molecule has 16 heavy (non-hydrogen) atoms. The summed E-state index contributed by atoms with van der Waals surface area (Å²) in [4.78, 5) is 0. The lowest BCUT2D eigenvalue weighted by Gasteiger charge is -2.35. The molecule has 1 unspecified atom stereocenters. The Morgan fingerprint density at radius 1 is 1.38 bits per heavy atom. The van der Waals surface area contributed by atoms with Crippen molar-refractivity contribution in [3.05, 3.63) is 0 Å². The summed E-state index contributed by atoms with van der Waals surface area (Å²) in [5, 5.41) is 9.24. The first-order chi connectivity index (χ1) is 7.47. The van der Waals surface area contributed by atoms with Crippen molar-refractivity contribution in [1.82, 2.24) is 0 Å². The third kappa shape index (κ3) is 4.67. The van der Waals surface area contributed by atoms with E-state index in [1.807, 2.05) is 0 Å². The minimum atomic E-state index is -4.28. The van der Waals surface area contributed by atoms with E-state index in [0.29, 0.717) is 19.6 Å². The fourth-order valence-electron chi connectivity index (χ4n) is 1.79. The summed E-state index contributed by atoms with van der Waals surface area (Å²) in [6.07, 6.45) is -2.27. The van der Waals surface area contributed by atoms with Crippen LogP contribution in [0.25, 0.3) is 0 Å². The van der Waals surface area contributed by atoms with E-state index in [1.54, 1.807) is 0 Å². The molecule has 1 N–H and O–H groups in total. The zero-order valence-corrected chi connectivity index (χ0v) is 9.05. The predicted octanol–water partition coefficient (Wildman–Crippen LogP) is 1.74. The van der Waals surface area contributed by atoms with Crippen molar-refractivity contribution in [3.63, 3.8) is 0 Å². The van der Waals surface area contributed by atoms with Crippen LogP contribution in [-0.2, 0) is 9.47 Å². The number of halogens is 3. The van der Waals surface area contributed by atoms with E-state index in [1.165, 1.54) is 0 Å². The van der Waals surface area contributed by atoms with Gasteiger partial charge >= 0.3 is 6.18 Å². The lowest BCUT2D eigenvalue weighted by atomic mass is 9.80. The van der Waals surface area contributed by atoms with E-state index in [-0.39, 0.29) is 13.2 Å². The molecule has 6 heteroatoms. The van der Waals surface area contributed by atoms with E-state index in [9.17, 15) is 18.3 Å². The lowest BCUT2D eigenvalue weighted by molar-refractivity contribution is -0.177. The molecule has 0 bridgehead atoms. The molecule has 0 radical (unpaired) electrons. The van der Waals surface area contributed by atoms with Gasteiger partial charge in [-0.25, -0.2) is 0 Å². The van der Waals surface area contributed by atoms with Crippen LogP contribution in [0.4, 0.5) is 13.2 Å². The number of hydrogen-bond donors (Lipinski definition) is 1. The zero-order valence-electron chi connectivity index (χ0n) is 9.05. The Morgan fingerprint density at radius 3 is 2.62 bits per heavy atom. The summed E-state index contributed by atoms with van der Waals surface area (Å²) < 4.78 is 45.2. The van der Waals surface area contributed by atoms with Gasteiger partial charge in [0, 0.05) is 18.6 Å². The first kappa shape index (κ1) is 13.7. The Kier molecular flexibility index (Phi) is 5.01. The largest absolute Gasteiger partial charge is 0.411 e. The highest BCUT2D eigenvalue weighted by molar-refractivity contribution is 4.81. The van der Waals surface area contributed by atoms with Crippen LogP contribution >= 0.6 is 0 Å². The van der Waals surface area contributed by atoms with Gasteiger partial charge in [0.05, 0.1) is 13.2 Å². The van der Waals surface area contributed by atoms with Crippen LogP contribution in [0.1, 0.15) is 19.3 Å². The highest BCUT2D eigenvalue weighted by Crippen LogP contribution is 2.31. The van der Waals surface area contributed by atoms with Crippen LogP contribution in [0.5, 0.6) is 0 Å². The molecule has 0 aromatic rings. The first-order valence-electron chi connectivity index (χ1n) is 5.31. The van der Waals surface area contributed by atoms with Crippen LogP contribution in [0.15, 0.2) is 0 Å². The molecule has 1 saturated heterocycles. The van der Waals surface area contributed by atoms with Gasteiger partial charge in [-0.15, -0.1) is 0 Å². The van der Waals surface area contributed by atoms with Crippen LogP contribution < -0.4 is 0 Å². The van der Waals surface area contributed by atoms with Crippen molar-refractivity contribution in [3.8, 4) is 0 Å². The lowest BCUT2D eigenvalue weighted by Crippen LogP contribution is -2.36. The molecule has 0 spiro atoms. The van der Waals surface area contributed by atoms with Gasteiger partial charge in [0.1, 0.15) is 6.61 Å². The number of hydrogen-bond acceptors (Lipinski definition) is 3. The third-order valence-electron chi connectivity index (χ3n) is 2.78. The SMILES string of the molecule is OCC1(CCOCC(F)(F)F)CCCOC1. The van der Waals surface area contributed by atoms with E-state index in [0.717, 1.165) is 12.8 Å². The minimum absolute atomic E-state index is 0.00340. The van der Waals surface area contributed by atoms with E-state index in [4.69, 9.17) is 4.74 Å². The molecule has 1 rings (SSSR count). The number of alkyl halides is 3. The van der Waals surface area contributed by atoms with Crippen LogP contribution in [0.2, 0.25) is 0 Å².